The van der Waals surface area contributed by atoms with Crippen molar-refractivity contribution < 1.29 is 29.4 Å². The summed E-state index contributed by atoms with van der Waals surface area (Å²) >= 11 is 0. The van der Waals surface area contributed by atoms with E-state index in [-0.39, 0.29) is 24.4 Å². The van der Waals surface area contributed by atoms with E-state index in [9.17, 15) is 19.2 Å². The maximum absolute atomic E-state index is 12.0. The quantitative estimate of drug-likeness (QED) is 0.713. The van der Waals surface area contributed by atoms with E-state index in [0.29, 0.717) is 11.1 Å². The molecule has 0 aromatic heterocycles. The van der Waals surface area contributed by atoms with Crippen LogP contribution in [0.2, 0.25) is 0 Å². The normalized spacial score (nSPS) is 13.2. The zero-order valence-electron chi connectivity index (χ0n) is 12.4. The van der Waals surface area contributed by atoms with Gasteiger partial charge in [0.05, 0.1) is 12.8 Å². The van der Waals surface area contributed by atoms with E-state index in [4.69, 9.17) is 10.2 Å². The lowest BCUT2D eigenvalue weighted by molar-refractivity contribution is -0.138. The molecule has 2 atom stereocenters. The van der Waals surface area contributed by atoms with E-state index < -0.39 is 23.8 Å². The maximum Gasteiger partial charge on any atom is 0.304 e. The van der Waals surface area contributed by atoms with Crippen LogP contribution in [0.4, 0.5) is 0 Å². The lowest BCUT2D eigenvalue weighted by Crippen LogP contribution is -2.17. The van der Waals surface area contributed by atoms with Gasteiger partial charge in [0.1, 0.15) is 0 Å². The van der Waals surface area contributed by atoms with Crippen LogP contribution in [-0.2, 0) is 9.59 Å². The fourth-order valence-electron chi connectivity index (χ4n) is 2.08. The van der Waals surface area contributed by atoms with Gasteiger partial charge in [-0.25, -0.2) is 0 Å². The van der Waals surface area contributed by atoms with Crippen molar-refractivity contribution in [3.63, 3.8) is 0 Å². The number of rotatable bonds is 8. The van der Waals surface area contributed by atoms with Crippen molar-refractivity contribution in [2.75, 3.05) is 0 Å². The summed E-state index contributed by atoms with van der Waals surface area (Å²) in [5.74, 6) is -4.00. The smallest absolute Gasteiger partial charge is 0.304 e. The molecule has 0 saturated carbocycles. The van der Waals surface area contributed by atoms with Crippen molar-refractivity contribution in [1.29, 1.82) is 0 Å². The third-order valence-corrected chi connectivity index (χ3v) is 3.31. The lowest BCUT2D eigenvalue weighted by atomic mass is 9.93. The van der Waals surface area contributed by atoms with E-state index in [0.717, 1.165) is 0 Å². The fourth-order valence-corrected chi connectivity index (χ4v) is 2.08. The molecule has 118 valence electrons. The molecule has 1 rings (SSSR count). The van der Waals surface area contributed by atoms with Crippen molar-refractivity contribution in [3.05, 3.63) is 35.4 Å². The predicted molar refractivity (Wildman–Crippen MR) is 77.9 cm³/mol. The molecule has 6 nitrogen and oxygen atoms in total. The first-order valence-electron chi connectivity index (χ1n) is 6.84. The van der Waals surface area contributed by atoms with Gasteiger partial charge < -0.3 is 10.2 Å². The van der Waals surface area contributed by atoms with Gasteiger partial charge in [0.2, 0.25) is 0 Å². The number of Topliss-reactive ketones (excluding diaryl/α,β-unsaturated/α-hetero) is 2. The van der Waals surface area contributed by atoms with E-state index in [2.05, 4.69) is 0 Å². The Morgan fingerprint density at radius 2 is 1.05 bits per heavy atom. The minimum absolute atomic E-state index is 0.255. The van der Waals surface area contributed by atoms with Gasteiger partial charge in [-0.3, -0.25) is 19.2 Å². The molecule has 0 aliphatic heterocycles. The van der Waals surface area contributed by atoms with Crippen LogP contribution in [0, 0.1) is 11.8 Å². The van der Waals surface area contributed by atoms with Gasteiger partial charge in [-0.1, -0.05) is 38.1 Å². The van der Waals surface area contributed by atoms with Crippen LogP contribution < -0.4 is 0 Å². The SMILES string of the molecule is C[C@@H](CC(=O)O)C(=O)c1ccc(C(=O)[C@@H](C)CC(=O)O)cc1. The molecule has 22 heavy (non-hydrogen) atoms. The van der Waals surface area contributed by atoms with Crippen molar-refractivity contribution in [2.45, 2.75) is 26.7 Å². The molecule has 0 spiro atoms. The minimum Gasteiger partial charge on any atom is -0.481 e. The Morgan fingerprint density at radius 1 is 0.773 bits per heavy atom. The molecule has 0 aliphatic rings. The lowest BCUT2D eigenvalue weighted by Gasteiger charge is -2.10. The Balaban J connectivity index is 2.82. The minimum atomic E-state index is -1.05. The Kier molecular flexibility index (Phi) is 5.98. The van der Waals surface area contributed by atoms with Crippen LogP contribution in [0.15, 0.2) is 24.3 Å². The number of benzene rings is 1. The predicted octanol–water partition coefficient (Wildman–Crippen LogP) is 2.27. The summed E-state index contributed by atoms with van der Waals surface area (Å²) in [7, 11) is 0. The van der Waals surface area contributed by atoms with E-state index in [1.807, 2.05) is 0 Å². The van der Waals surface area contributed by atoms with Crippen molar-refractivity contribution >= 4 is 23.5 Å². The summed E-state index contributed by atoms with van der Waals surface area (Å²) in [6, 6.07) is 5.84. The molecule has 1 aromatic rings. The van der Waals surface area contributed by atoms with Crippen molar-refractivity contribution in [2.24, 2.45) is 11.8 Å². The molecular weight excluding hydrogens is 288 g/mol. The first-order valence-corrected chi connectivity index (χ1v) is 6.84. The molecule has 2 N–H and O–H groups in total. The zero-order chi connectivity index (χ0) is 16.9. The zero-order valence-corrected chi connectivity index (χ0v) is 12.4. The number of carbonyl (C=O) groups excluding carboxylic acids is 2. The Labute approximate surface area is 127 Å². The second-order valence-electron chi connectivity index (χ2n) is 5.30. The average molecular weight is 306 g/mol. The van der Waals surface area contributed by atoms with Crippen LogP contribution in [-0.4, -0.2) is 33.7 Å². The molecule has 6 heteroatoms. The molecule has 0 saturated heterocycles. The van der Waals surface area contributed by atoms with Gasteiger partial charge in [-0.15, -0.1) is 0 Å². The van der Waals surface area contributed by atoms with Crippen molar-refractivity contribution in [1.82, 2.24) is 0 Å². The number of aliphatic carboxylic acids is 2. The Bertz CT molecular complexity index is 534. The summed E-state index contributed by atoms with van der Waals surface area (Å²) in [5.41, 5.74) is 0.660. The number of carbonyl (C=O) groups is 4. The third kappa shape index (κ3) is 4.80. The van der Waals surface area contributed by atoms with Crippen LogP contribution in [0.1, 0.15) is 47.4 Å². The molecule has 0 aliphatic carbocycles. The number of hydrogen-bond donors (Lipinski definition) is 2. The number of carboxylic acid groups (broad SMARTS) is 2. The highest BCUT2D eigenvalue weighted by Gasteiger charge is 2.20. The Hall–Kier alpha value is -2.50. The topological polar surface area (TPSA) is 109 Å². The van der Waals surface area contributed by atoms with E-state index in [1.54, 1.807) is 0 Å². The maximum atomic E-state index is 12.0. The summed E-state index contributed by atoms with van der Waals surface area (Å²) in [6.45, 7) is 3.06. The summed E-state index contributed by atoms with van der Waals surface area (Å²) in [6.07, 6.45) is -0.510. The highest BCUT2D eigenvalue weighted by molar-refractivity contribution is 6.02. The van der Waals surface area contributed by atoms with Gasteiger partial charge in [-0.05, 0) is 0 Å². The molecule has 0 fully saturated rings. The molecular formula is C16H18O6. The highest BCUT2D eigenvalue weighted by atomic mass is 16.4. The average Bonchev–Trinajstić information content (AvgIpc) is 2.44. The summed E-state index contributed by atoms with van der Waals surface area (Å²) < 4.78 is 0. The first kappa shape index (κ1) is 17.6. The van der Waals surface area contributed by atoms with Crippen LogP contribution in [0.5, 0.6) is 0 Å². The monoisotopic (exact) mass is 306 g/mol. The van der Waals surface area contributed by atoms with Gasteiger partial charge >= 0.3 is 11.9 Å². The van der Waals surface area contributed by atoms with Crippen LogP contribution in [0.3, 0.4) is 0 Å². The molecule has 0 amide bonds. The summed E-state index contributed by atoms with van der Waals surface area (Å²) in [4.78, 5) is 45.2. The number of ketones is 2. The number of hydrogen-bond acceptors (Lipinski definition) is 4. The fraction of sp³-hybridized carbons (Fsp3) is 0.375. The molecule has 0 unspecified atom stereocenters. The van der Waals surface area contributed by atoms with Gasteiger partial charge in [0, 0.05) is 23.0 Å². The number of carboxylic acids is 2. The highest BCUT2D eigenvalue weighted by Crippen LogP contribution is 2.16. The van der Waals surface area contributed by atoms with Gasteiger partial charge in [0.25, 0.3) is 0 Å². The Morgan fingerprint density at radius 3 is 1.27 bits per heavy atom. The standard InChI is InChI=1S/C16H18O6/c1-9(7-13(17)18)15(21)11-3-5-12(6-4-11)16(22)10(2)8-14(19)20/h3-6,9-10H,7-8H2,1-2H3,(H,17,18)(H,19,20)/t9-,10-/m0/s1. The first-order chi connectivity index (χ1) is 10.2. The van der Waals surface area contributed by atoms with E-state index in [1.165, 1.54) is 38.1 Å². The third-order valence-electron chi connectivity index (χ3n) is 3.31. The molecule has 1 aromatic carbocycles. The second-order valence-corrected chi connectivity index (χ2v) is 5.30. The summed E-state index contributed by atoms with van der Waals surface area (Å²) in [5, 5.41) is 17.4. The van der Waals surface area contributed by atoms with Gasteiger partial charge in [-0.2, -0.15) is 0 Å². The van der Waals surface area contributed by atoms with E-state index >= 15 is 0 Å². The van der Waals surface area contributed by atoms with Crippen molar-refractivity contribution in [3.8, 4) is 0 Å². The largest absolute Gasteiger partial charge is 0.481 e. The van der Waals surface area contributed by atoms with Crippen LogP contribution >= 0.6 is 0 Å². The molecule has 0 bridgehead atoms. The molecule has 0 radical (unpaired) electrons. The van der Waals surface area contributed by atoms with Gasteiger partial charge in [0.15, 0.2) is 11.6 Å². The second kappa shape index (κ2) is 7.49. The molecule has 0 heterocycles. The van der Waals surface area contributed by atoms with Crippen LogP contribution in [0.25, 0.3) is 0 Å².